The second-order valence-electron chi connectivity index (χ2n) is 4.56. The monoisotopic (exact) mass is 307 g/mol. The van der Waals surface area contributed by atoms with E-state index in [9.17, 15) is 9.18 Å². The lowest BCUT2D eigenvalue weighted by Crippen LogP contribution is -2.23. The highest BCUT2D eigenvalue weighted by atomic mass is 35.5. The predicted molar refractivity (Wildman–Crippen MR) is 80.6 cm³/mol. The van der Waals surface area contributed by atoms with Crippen LogP contribution in [0.25, 0.3) is 0 Å². The fourth-order valence-electron chi connectivity index (χ4n) is 1.86. The minimum absolute atomic E-state index is 0.0307. The van der Waals surface area contributed by atoms with Gasteiger partial charge in [0.25, 0.3) is 5.91 Å². The van der Waals surface area contributed by atoms with Gasteiger partial charge < -0.3 is 11.1 Å². The van der Waals surface area contributed by atoms with Crippen LogP contribution in [-0.4, -0.2) is 10.9 Å². The molecule has 0 bridgehead atoms. The highest BCUT2D eigenvalue weighted by Crippen LogP contribution is 2.16. The van der Waals surface area contributed by atoms with Crippen LogP contribution in [0.2, 0.25) is 5.02 Å². The summed E-state index contributed by atoms with van der Waals surface area (Å²) >= 11 is 5.69. The standard InChI is InChI=1S/C15H15ClFN3O/c1-2-11-6-10(7-14(18)20-11)15(21)19-8-9-3-4-13(17)12(16)5-9/h3-7H,2,8H2,1H3,(H2,18,20)(H,19,21). The number of rotatable bonds is 4. The summed E-state index contributed by atoms with van der Waals surface area (Å²) in [5, 5.41) is 2.77. The first kappa shape index (κ1) is 15.3. The molecule has 0 radical (unpaired) electrons. The molecule has 0 aliphatic rings. The molecule has 110 valence electrons. The molecule has 0 saturated heterocycles. The number of carbonyl (C=O) groups is 1. The number of aryl methyl sites for hydroxylation is 1. The number of carbonyl (C=O) groups excluding carboxylic acids is 1. The van der Waals surface area contributed by atoms with Crippen LogP contribution < -0.4 is 11.1 Å². The van der Waals surface area contributed by atoms with Crippen LogP contribution in [0.5, 0.6) is 0 Å². The van der Waals surface area contributed by atoms with E-state index >= 15 is 0 Å². The fraction of sp³-hybridized carbons (Fsp3) is 0.200. The van der Waals surface area contributed by atoms with Gasteiger partial charge in [0.05, 0.1) is 5.02 Å². The van der Waals surface area contributed by atoms with E-state index in [1.807, 2.05) is 6.92 Å². The number of nitrogens with one attached hydrogen (secondary N) is 1. The highest BCUT2D eigenvalue weighted by molar-refractivity contribution is 6.30. The number of pyridine rings is 1. The predicted octanol–water partition coefficient (Wildman–Crippen LogP) is 2.95. The molecule has 0 saturated carbocycles. The van der Waals surface area contributed by atoms with Crippen LogP contribution in [0.15, 0.2) is 30.3 Å². The number of hydrogen-bond acceptors (Lipinski definition) is 3. The average Bonchev–Trinajstić information content (AvgIpc) is 2.47. The second kappa shape index (κ2) is 6.54. The first-order valence-electron chi connectivity index (χ1n) is 6.48. The molecule has 0 unspecified atom stereocenters. The van der Waals surface area contributed by atoms with E-state index in [0.29, 0.717) is 23.4 Å². The van der Waals surface area contributed by atoms with Gasteiger partial charge in [-0.05, 0) is 36.2 Å². The van der Waals surface area contributed by atoms with Crippen molar-refractivity contribution in [2.45, 2.75) is 19.9 Å². The Labute approximate surface area is 127 Å². The van der Waals surface area contributed by atoms with E-state index in [1.165, 1.54) is 18.2 Å². The Kier molecular flexibility index (Phi) is 4.75. The van der Waals surface area contributed by atoms with Crippen molar-refractivity contribution in [1.29, 1.82) is 0 Å². The summed E-state index contributed by atoms with van der Waals surface area (Å²) in [7, 11) is 0. The molecule has 1 amide bonds. The maximum absolute atomic E-state index is 13.1. The first-order valence-corrected chi connectivity index (χ1v) is 6.86. The quantitative estimate of drug-likeness (QED) is 0.912. The summed E-state index contributed by atoms with van der Waals surface area (Å²) in [6.07, 6.45) is 0.693. The Morgan fingerprint density at radius 2 is 2.14 bits per heavy atom. The van der Waals surface area contributed by atoms with Gasteiger partial charge in [-0.1, -0.05) is 24.6 Å². The molecule has 0 aliphatic heterocycles. The van der Waals surface area contributed by atoms with Crippen LogP contribution in [-0.2, 0) is 13.0 Å². The Morgan fingerprint density at radius 1 is 1.38 bits per heavy atom. The molecule has 3 N–H and O–H groups in total. The van der Waals surface area contributed by atoms with Crippen molar-refractivity contribution in [2.75, 3.05) is 5.73 Å². The molecule has 1 heterocycles. The second-order valence-corrected chi connectivity index (χ2v) is 4.96. The van der Waals surface area contributed by atoms with E-state index in [1.54, 1.807) is 12.1 Å². The summed E-state index contributed by atoms with van der Waals surface area (Å²) in [6, 6.07) is 7.54. The topological polar surface area (TPSA) is 68.0 Å². The van der Waals surface area contributed by atoms with Crippen LogP contribution in [0.1, 0.15) is 28.5 Å². The summed E-state index contributed by atoms with van der Waals surface area (Å²) in [6.45, 7) is 2.19. The van der Waals surface area contributed by atoms with Gasteiger partial charge in [0.2, 0.25) is 0 Å². The molecule has 4 nitrogen and oxygen atoms in total. The Morgan fingerprint density at radius 3 is 2.81 bits per heavy atom. The third kappa shape index (κ3) is 3.92. The van der Waals surface area contributed by atoms with Gasteiger partial charge in [0, 0.05) is 17.8 Å². The molecule has 2 rings (SSSR count). The van der Waals surface area contributed by atoms with Gasteiger partial charge in [-0.2, -0.15) is 0 Å². The molecule has 1 aromatic heterocycles. The largest absolute Gasteiger partial charge is 0.384 e. The van der Waals surface area contributed by atoms with Crippen molar-refractivity contribution >= 4 is 23.3 Å². The van der Waals surface area contributed by atoms with Crippen LogP contribution in [0.4, 0.5) is 10.2 Å². The molecule has 0 atom stereocenters. The average molecular weight is 308 g/mol. The van der Waals surface area contributed by atoms with Gasteiger partial charge >= 0.3 is 0 Å². The van der Waals surface area contributed by atoms with Gasteiger partial charge in [-0.3, -0.25) is 4.79 Å². The zero-order valence-corrected chi connectivity index (χ0v) is 12.2. The third-order valence-electron chi connectivity index (χ3n) is 2.96. The summed E-state index contributed by atoms with van der Waals surface area (Å²) in [5.74, 6) is -0.440. The number of halogens is 2. The summed E-state index contributed by atoms with van der Waals surface area (Å²) in [4.78, 5) is 16.2. The number of anilines is 1. The lowest BCUT2D eigenvalue weighted by Gasteiger charge is -2.08. The SMILES string of the molecule is CCc1cc(C(=O)NCc2ccc(F)c(Cl)c2)cc(N)n1. The van der Waals surface area contributed by atoms with Crippen molar-refractivity contribution in [3.63, 3.8) is 0 Å². The van der Waals surface area contributed by atoms with Crippen molar-refractivity contribution in [3.05, 3.63) is 58.0 Å². The lowest BCUT2D eigenvalue weighted by atomic mass is 10.1. The summed E-state index contributed by atoms with van der Waals surface area (Å²) < 4.78 is 13.1. The van der Waals surface area contributed by atoms with E-state index in [-0.39, 0.29) is 17.5 Å². The normalized spacial score (nSPS) is 10.4. The lowest BCUT2D eigenvalue weighted by molar-refractivity contribution is 0.0950. The number of amides is 1. The van der Waals surface area contributed by atoms with Crippen molar-refractivity contribution in [1.82, 2.24) is 10.3 Å². The Bertz CT molecular complexity index is 676. The number of aromatic nitrogens is 1. The van der Waals surface area contributed by atoms with Crippen LogP contribution in [0, 0.1) is 5.82 Å². The molecular formula is C15H15ClFN3O. The Balaban J connectivity index is 2.07. The number of nitrogen functional groups attached to an aromatic ring is 1. The molecule has 0 fully saturated rings. The molecule has 21 heavy (non-hydrogen) atoms. The van der Waals surface area contributed by atoms with E-state index in [0.717, 1.165) is 5.69 Å². The van der Waals surface area contributed by atoms with Crippen LogP contribution in [0.3, 0.4) is 0 Å². The van der Waals surface area contributed by atoms with Gasteiger partial charge in [0.15, 0.2) is 0 Å². The number of nitrogens with zero attached hydrogens (tertiary/aromatic N) is 1. The van der Waals surface area contributed by atoms with Crippen LogP contribution >= 0.6 is 11.6 Å². The van der Waals surface area contributed by atoms with Gasteiger partial charge in [-0.25, -0.2) is 9.37 Å². The minimum Gasteiger partial charge on any atom is -0.384 e. The highest BCUT2D eigenvalue weighted by Gasteiger charge is 2.09. The molecule has 6 heteroatoms. The molecule has 1 aromatic carbocycles. The zero-order chi connectivity index (χ0) is 15.4. The number of nitrogens with two attached hydrogens (primary N) is 1. The third-order valence-corrected chi connectivity index (χ3v) is 3.25. The van der Waals surface area contributed by atoms with E-state index < -0.39 is 5.82 Å². The number of benzene rings is 1. The molecule has 0 spiro atoms. The van der Waals surface area contributed by atoms with Crippen molar-refractivity contribution in [3.8, 4) is 0 Å². The van der Waals surface area contributed by atoms with Gasteiger partial charge in [-0.15, -0.1) is 0 Å². The molecule has 2 aromatic rings. The maximum atomic E-state index is 13.1. The maximum Gasteiger partial charge on any atom is 0.251 e. The van der Waals surface area contributed by atoms with E-state index in [2.05, 4.69) is 10.3 Å². The zero-order valence-electron chi connectivity index (χ0n) is 11.5. The number of hydrogen-bond donors (Lipinski definition) is 2. The minimum atomic E-state index is -0.485. The van der Waals surface area contributed by atoms with Gasteiger partial charge in [0.1, 0.15) is 11.6 Å². The van der Waals surface area contributed by atoms with Crippen molar-refractivity contribution in [2.24, 2.45) is 0 Å². The molecular weight excluding hydrogens is 293 g/mol. The molecule has 0 aliphatic carbocycles. The summed E-state index contributed by atoms with van der Waals surface area (Å²) in [5.41, 5.74) is 7.59. The van der Waals surface area contributed by atoms with Crippen molar-refractivity contribution < 1.29 is 9.18 Å². The Hall–Kier alpha value is -2.14. The smallest absolute Gasteiger partial charge is 0.251 e. The fourth-order valence-corrected chi connectivity index (χ4v) is 2.06. The van der Waals surface area contributed by atoms with E-state index in [4.69, 9.17) is 17.3 Å². The first-order chi connectivity index (χ1) is 9.99.